The highest BCUT2D eigenvalue weighted by atomic mass is 32.1. The maximum Gasteiger partial charge on any atom is 0.340 e. The Kier molecular flexibility index (Phi) is 5.26. The fourth-order valence-electron chi connectivity index (χ4n) is 2.48. The molecule has 1 N–H and O–H groups in total. The first-order valence-corrected chi connectivity index (χ1v) is 8.65. The van der Waals surface area contributed by atoms with Gasteiger partial charge in [0.05, 0.1) is 19.1 Å². The van der Waals surface area contributed by atoms with Gasteiger partial charge in [-0.25, -0.2) is 4.79 Å². The second-order valence-corrected chi connectivity index (χ2v) is 6.36. The van der Waals surface area contributed by atoms with Gasteiger partial charge in [0.15, 0.2) is 0 Å². The van der Waals surface area contributed by atoms with E-state index in [1.54, 1.807) is 11.4 Å². The standard InChI is InChI=1S/C20H17NO3S/c1-24-20(23)17-11-12-25-19(17)21-18(22)13-14-7-9-16(10-8-14)15-5-3-2-4-6-15/h2-12H,13H2,1H3,(H,21,22). The summed E-state index contributed by atoms with van der Waals surface area (Å²) >= 11 is 1.30. The summed E-state index contributed by atoms with van der Waals surface area (Å²) in [4.78, 5) is 23.9. The summed E-state index contributed by atoms with van der Waals surface area (Å²) in [5.41, 5.74) is 3.53. The molecule has 1 aromatic heterocycles. The Morgan fingerprint density at radius 3 is 2.32 bits per heavy atom. The van der Waals surface area contributed by atoms with E-state index in [1.807, 2.05) is 54.6 Å². The van der Waals surface area contributed by atoms with Gasteiger partial charge in [-0.3, -0.25) is 4.79 Å². The Bertz CT molecular complexity index is 869. The van der Waals surface area contributed by atoms with Crippen molar-refractivity contribution in [2.45, 2.75) is 6.42 Å². The number of hydrogen-bond donors (Lipinski definition) is 1. The zero-order valence-electron chi connectivity index (χ0n) is 13.7. The van der Waals surface area contributed by atoms with Crippen molar-refractivity contribution in [3.8, 4) is 11.1 Å². The van der Waals surface area contributed by atoms with E-state index in [0.29, 0.717) is 10.6 Å². The molecule has 25 heavy (non-hydrogen) atoms. The molecule has 126 valence electrons. The number of anilines is 1. The first-order chi connectivity index (χ1) is 12.2. The lowest BCUT2D eigenvalue weighted by atomic mass is 10.0. The van der Waals surface area contributed by atoms with E-state index in [0.717, 1.165) is 16.7 Å². The van der Waals surface area contributed by atoms with Crippen LogP contribution in [-0.4, -0.2) is 19.0 Å². The van der Waals surface area contributed by atoms with Gasteiger partial charge in [0.25, 0.3) is 0 Å². The van der Waals surface area contributed by atoms with Crippen molar-refractivity contribution in [2.75, 3.05) is 12.4 Å². The predicted octanol–water partition coefficient (Wildman–Crippen LogP) is 4.38. The molecule has 5 heteroatoms. The number of carbonyl (C=O) groups is 2. The number of benzene rings is 2. The number of esters is 1. The number of thiophene rings is 1. The summed E-state index contributed by atoms with van der Waals surface area (Å²) < 4.78 is 4.71. The minimum absolute atomic E-state index is 0.167. The first kappa shape index (κ1) is 16.9. The number of ether oxygens (including phenoxy) is 1. The molecule has 0 spiro atoms. The molecule has 4 nitrogen and oxygen atoms in total. The van der Waals surface area contributed by atoms with Crippen LogP contribution in [0.25, 0.3) is 11.1 Å². The molecule has 0 aliphatic rings. The van der Waals surface area contributed by atoms with E-state index in [9.17, 15) is 9.59 Å². The van der Waals surface area contributed by atoms with Crippen LogP contribution in [0.3, 0.4) is 0 Å². The van der Waals surface area contributed by atoms with Crippen LogP contribution < -0.4 is 5.32 Å². The van der Waals surface area contributed by atoms with E-state index in [2.05, 4.69) is 5.32 Å². The SMILES string of the molecule is COC(=O)c1ccsc1NC(=O)Cc1ccc(-c2ccccc2)cc1. The maximum atomic E-state index is 12.2. The van der Waals surface area contributed by atoms with Gasteiger partial charge in [-0.15, -0.1) is 11.3 Å². The molecule has 1 heterocycles. The van der Waals surface area contributed by atoms with Crippen LogP contribution in [-0.2, 0) is 16.0 Å². The molecule has 0 fully saturated rings. The van der Waals surface area contributed by atoms with Crippen molar-refractivity contribution in [2.24, 2.45) is 0 Å². The Labute approximate surface area is 150 Å². The Morgan fingerprint density at radius 2 is 1.64 bits per heavy atom. The van der Waals surface area contributed by atoms with Crippen molar-refractivity contribution in [3.05, 3.63) is 77.2 Å². The first-order valence-electron chi connectivity index (χ1n) is 7.77. The van der Waals surface area contributed by atoms with E-state index in [4.69, 9.17) is 4.74 Å². The van der Waals surface area contributed by atoms with Crippen molar-refractivity contribution in [1.29, 1.82) is 0 Å². The zero-order valence-corrected chi connectivity index (χ0v) is 14.5. The number of amides is 1. The molecule has 0 saturated carbocycles. The molecule has 1 amide bonds. The van der Waals surface area contributed by atoms with Crippen molar-refractivity contribution in [3.63, 3.8) is 0 Å². The van der Waals surface area contributed by atoms with Crippen LogP contribution in [0.15, 0.2) is 66.0 Å². The Morgan fingerprint density at radius 1 is 0.960 bits per heavy atom. The number of carbonyl (C=O) groups excluding carboxylic acids is 2. The fourth-order valence-corrected chi connectivity index (χ4v) is 3.27. The number of hydrogen-bond acceptors (Lipinski definition) is 4. The molecule has 0 atom stereocenters. The summed E-state index contributed by atoms with van der Waals surface area (Å²) in [5.74, 6) is -0.621. The second-order valence-electron chi connectivity index (χ2n) is 5.44. The van der Waals surface area contributed by atoms with E-state index >= 15 is 0 Å². The molecule has 3 aromatic rings. The van der Waals surface area contributed by atoms with Crippen LogP contribution in [0.5, 0.6) is 0 Å². The van der Waals surface area contributed by atoms with Crippen LogP contribution in [0.2, 0.25) is 0 Å². The van der Waals surface area contributed by atoms with Crippen LogP contribution in [0.1, 0.15) is 15.9 Å². The van der Waals surface area contributed by atoms with Gasteiger partial charge in [-0.1, -0.05) is 54.6 Å². The summed E-state index contributed by atoms with van der Waals surface area (Å²) in [6.07, 6.45) is 0.244. The molecule has 3 rings (SSSR count). The van der Waals surface area contributed by atoms with Crippen LogP contribution >= 0.6 is 11.3 Å². The summed E-state index contributed by atoms with van der Waals surface area (Å²) in [7, 11) is 1.32. The molecule has 0 bridgehead atoms. The summed E-state index contributed by atoms with van der Waals surface area (Å²) in [6, 6.07) is 19.6. The van der Waals surface area contributed by atoms with Gasteiger partial charge in [-0.05, 0) is 28.1 Å². The normalized spacial score (nSPS) is 10.3. The topological polar surface area (TPSA) is 55.4 Å². The van der Waals surface area contributed by atoms with E-state index < -0.39 is 5.97 Å². The molecule has 0 aliphatic heterocycles. The summed E-state index contributed by atoms with van der Waals surface area (Å²) in [6.45, 7) is 0. The lowest BCUT2D eigenvalue weighted by Gasteiger charge is -2.07. The molecular formula is C20H17NO3S. The number of nitrogens with one attached hydrogen (secondary N) is 1. The van der Waals surface area contributed by atoms with Crippen LogP contribution in [0.4, 0.5) is 5.00 Å². The maximum absolute atomic E-state index is 12.2. The molecule has 0 unspecified atom stereocenters. The van der Waals surface area contributed by atoms with Crippen molar-refractivity contribution >= 4 is 28.2 Å². The largest absolute Gasteiger partial charge is 0.465 e. The number of methoxy groups -OCH3 is 1. The lowest BCUT2D eigenvalue weighted by molar-refractivity contribution is -0.115. The molecule has 0 aliphatic carbocycles. The third kappa shape index (κ3) is 4.14. The van der Waals surface area contributed by atoms with Gasteiger partial charge in [-0.2, -0.15) is 0 Å². The van der Waals surface area contributed by atoms with Gasteiger partial charge in [0, 0.05) is 0 Å². The van der Waals surface area contributed by atoms with Gasteiger partial charge < -0.3 is 10.1 Å². The van der Waals surface area contributed by atoms with E-state index in [-0.39, 0.29) is 12.3 Å². The third-order valence-corrected chi connectivity index (χ3v) is 4.58. The zero-order chi connectivity index (χ0) is 17.6. The van der Waals surface area contributed by atoms with Gasteiger partial charge in [0.1, 0.15) is 5.00 Å². The average molecular weight is 351 g/mol. The smallest absolute Gasteiger partial charge is 0.340 e. The van der Waals surface area contributed by atoms with Gasteiger partial charge in [0.2, 0.25) is 5.91 Å². The number of rotatable bonds is 5. The quantitative estimate of drug-likeness (QED) is 0.694. The highest BCUT2D eigenvalue weighted by Crippen LogP contribution is 2.24. The predicted molar refractivity (Wildman–Crippen MR) is 99.9 cm³/mol. The Balaban J connectivity index is 1.66. The minimum Gasteiger partial charge on any atom is -0.465 e. The lowest BCUT2D eigenvalue weighted by Crippen LogP contribution is -2.15. The average Bonchev–Trinajstić information content (AvgIpc) is 3.10. The molecule has 0 saturated heterocycles. The minimum atomic E-state index is -0.455. The fraction of sp³-hybridized carbons (Fsp3) is 0.100. The Hall–Kier alpha value is -2.92. The van der Waals surface area contributed by atoms with Crippen LogP contribution in [0, 0.1) is 0 Å². The summed E-state index contributed by atoms with van der Waals surface area (Å²) in [5, 5.41) is 5.04. The molecular weight excluding hydrogens is 334 g/mol. The monoisotopic (exact) mass is 351 g/mol. The van der Waals surface area contributed by atoms with Crippen molar-refractivity contribution in [1.82, 2.24) is 0 Å². The highest BCUT2D eigenvalue weighted by Gasteiger charge is 2.15. The molecule has 0 radical (unpaired) electrons. The highest BCUT2D eigenvalue weighted by molar-refractivity contribution is 7.14. The van der Waals surface area contributed by atoms with E-state index in [1.165, 1.54) is 18.4 Å². The second kappa shape index (κ2) is 7.77. The third-order valence-electron chi connectivity index (χ3n) is 3.75. The van der Waals surface area contributed by atoms with Crippen molar-refractivity contribution < 1.29 is 14.3 Å². The van der Waals surface area contributed by atoms with Gasteiger partial charge >= 0.3 is 5.97 Å². The molecule has 2 aromatic carbocycles.